The number of halogens is 4. The Morgan fingerprint density at radius 2 is 1.83 bits per heavy atom. The van der Waals surface area contributed by atoms with Crippen LogP contribution < -0.4 is 10.1 Å². The molecule has 0 bridgehead atoms. The minimum absolute atomic E-state index is 0.0484. The Morgan fingerprint density at radius 3 is 2.50 bits per heavy atom. The molecule has 2 aliphatic carbocycles. The first-order chi connectivity index (χ1) is 24.9. The van der Waals surface area contributed by atoms with Crippen LogP contribution in [-0.4, -0.2) is 57.7 Å². The first kappa shape index (κ1) is 39.6. The van der Waals surface area contributed by atoms with Gasteiger partial charge in [-0.3, -0.25) is 4.79 Å². The quantitative estimate of drug-likeness (QED) is 0.0788. The molecule has 1 amide bonds. The summed E-state index contributed by atoms with van der Waals surface area (Å²) in [6.45, 7) is 9.07. The summed E-state index contributed by atoms with van der Waals surface area (Å²) in [6, 6.07) is -0.850. The average molecular weight is 739 g/mol. The van der Waals surface area contributed by atoms with Crippen molar-refractivity contribution in [2.45, 2.75) is 140 Å². The predicted octanol–water partition coefficient (Wildman–Crippen LogP) is 8.08. The second-order valence-electron chi connectivity index (χ2n) is 14.4. The van der Waals surface area contributed by atoms with E-state index in [9.17, 15) is 27.2 Å². The Bertz CT molecular complexity index is 1540. The van der Waals surface area contributed by atoms with Crippen LogP contribution in [0, 0.1) is 29.2 Å². The molecule has 15 heteroatoms. The molecule has 52 heavy (non-hydrogen) atoms. The first-order valence-electron chi connectivity index (χ1n) is 18.4. The minimum Gasteiger partial charge on any atom is -0.479 e. The van der Waals surface area contributed by atoms with Crippen molar-refractivity contribution in [2.24, 2.45) is 5.92 Å². The fraction of sp³-hybridized carbons (Fsp3) is 0.676. The van der Waals surface area contributed by atoms with Crippen LogP contribution in [-0.2, 0) is 29.5 Å². The minimum atomic E-state index is -1.73. The number of nitrogens with one attached hydrogen (secondary N) is 1. The summed E-state index contributed by atoms with van der Waals surface area (Å²) in [7, 11) is 0. The van der Waals surface area contributed by atoms with E-state index in [1.807, 2.05) is 19.9 Å². The van der Waals surface area contributed by atoms with Gasteiger partial charge in [0.25, 0.3) is 0 Å². The van der Waals surface area contributed by atoms with Crippen molar-refractivity contribution in [3.8, 4) is 5.75 Å². The van der Waals surface area contributed by atoms with Crippen molar-refractivity contribution in [3.63, 3.8) is 0 Å². The van der Waals surface area contributed by atoms with E-state index in [1.165, 1.54) is 4.68 Å². The molecule has 1 N–H and O–H groups in total. The van der Waals surface area contributed by atoms with Gasteiger partial charge in [-0.2, -0.15) is 18.6 Å². The number of ketones is 1. The summed E-state index contributed by atoms with van der Waals surface area (Å²) in [5.74, 6) is -10.5. The van der Waals surface area contributed by atoms with Crippen LogP contribution in [0.2, 0.25) is 0 Å². The zero-order chi connectivity index (χ0) is 37.5. The maximum atomic E-state index is 14.2. The van der Waals surface area contributed by atoms with Gasteiger partial charge in [0.2, 0.25) is 23.2 Å². The lowest BCUT2D eigenvalue weighted by Gasteiger charge is -2.37. The van der Waals surface area contributed by atoms with Crippen molar-refractivity contribution in [1.82, 2.24) is 20.3 Å². The van der Waals surface area contributed by atoms with Crippen molar-refractivity contribution in [1.29, 1.82) is 0 Å². The van der Waals surface area contributed by atoms with Gasteiger partial charge >= 0.3 is 6.09 Å². The van der Waals surface area contributed by atoms with E-state index in [0.717, 1.165) is 32.1 Å². The topological polar surface area (TPSA) is 123 Å². The van der Waals surface area contributed by atoms with E-state index in [1.54, 1.807) is 6.20 Å². The number of carbonyl (C=O) groups excluding carboxylic acids is 2. The fourth-order valence-electron chi connectivity index (χ4n) is 7.70. The molecule has 1 aromatic carbocycles. The molecule has 2 saturated carbocycles. The molecule has 5 atom stereocenters. The molecule has 1 saturated heterocycles. The summed E-state index contributed by atoms with van der Waals surface area (Å²) in [5.41, 5.74) is -0.00484. The lowest BCUT2D eigenvalue weighted by Crippen LogP contribution is -2.46. The van der Waals surface area contributed by atoms with E-state index in [2.05, 4.69) is 29.1 Å². The molecule has 288 valence electrons. The molecule has 0 radical (unpaired) electrons. The smallest absolute Gasteiger partial charge is 0.407 e. The van der Waals surface area contributed by atoms with Gasteiger partial charge in [-0.25, -0.2) is 18.3 Å². The second kappa shape index (κ2) is 17.1. The highest BCUT2D eigenvalue weighted by atomic mass is 19.2. The van der Waals surface area contributed by atoms with Gasteiger partial charge in [-0.15, -0.1) is 11.7 Å². The van der Waals surface area contributed by atoms with Crippen LogP contribution in [0.1, 0.15) is 122 Å². The van der Waals surface area contributed by atoms with Crippen molar-refractivity contribution in [3.05, 3.63) is 53.9 Å². The third-order valence-electron chi connectivity index (χ3n) is 10.7. The van der Waals surface area contributed by atoms with Gasteiger partial charge in [-0.1, -0.05) is 57.2 Å². The van der Waals surface area contributed by atoms with Crippen LogP contribution in [0.3, 0.4) is 0 Å². The highest BCUT2D eigenvalue weighted by Gasteiger charge is 2.55. The van der Waals surface area contributed by atoms with Gasteiger partial charge < -0.3 is 19.5 Å². The Hall–Kier alpha value is -3.56. The SMILES string of the molecule is C=CCC(CC)C1(C)OOC2(CCCC(OC(=O)NCC3(c4cn(C(CCCC)C(=O)COc5c(F)c(F)cc(F)c5F)nn4)CCCCC3)C2)O1. The molecule has 3 aliphatic rings. The Kier molecular flexibility index (Phi) is 13.0. The maximum Gasteiger partial charge on any atom is 0.407 e. The molecule has 2 heterocycles. The largest absolute Gasteiger partial charge is 0.479 e. The Morgan fingerprint density at radius 1 is 1.10 bits per heavy atom. The zero-order valence-corrected chi connectivity index (χ0v) is 30.2. The van der Waals surface area contributed by atoms with Crippen molar-refractivity contribution in [2.75, 3.05) is 13.2 Å². The van der Waals surface area contributed by atoms with Crippen molar-refractivity contribution < 1.29 is 51.1 Å². The maximum absolute atomic E-state index is 14.2. The number of benzene rings is 1. The highest BCUT2D eigenvalue weighted by Crippen LogP contribution is 2.47. The van der Waals surface area contributed by atoms with E-state index in [-0.39, 0.29) is 18.5 Å². The Balaban J connectivity index is 1.24. The van der Waals surface area contributed by atoms with E-state index >= 15 is 0 Å². The number of amides is 1. The van der Waals surface area contributed by atoms with E-state index in [0.29, 0.717) is 63.5 Å². The van der Waals surface area contributed by atoms with Crippen LogP contribution >= 0.6 is 0 Å². The number of ether oxygens (including phenoxy) is 3. The van der Waals surface area contributed by atoms with Gasteiger partial charge in [0, 0.05) is 43.0 Å². The van der Waals surface area contributed by atoms with Crippen LogP contribution in [0.15, 0.2) is 24.9 Å². The normalized spacial score (nSPS) is 25.4. The fourth-order valence-corrected chi connectivity index (χ4v) is 7.70. The lowest BCUT2D eigenvalue weighted by molar-refractivity contribution is -0.361. The van der Waals surface area contributed by atoms with E-state index in [4.69, 9.17) is 24.0 Å². The molecule has 5 rings (SSSR count). The van der Waals surface area contributed by atoms with Crippen LogP contribution in [0.25, 0.3) is 0 Å². The molecule has 1 aromatic heterocycles. The van der Waals surface area contributed by atoms with Crippen LogP contribution in [0.5, 0.6) is 5.75 Å². The molecular weight excluding hydrogens is 688 g/mol. The number of allylic oxidation sites excluding steroid dienone is 1. The van der Waals surface area contributed by atoms with Gasteiger partial charge in [-0.05, 0) is 51.9 Å². The molecule has 5 unspecified atom stereocenters. The number of alkyl carbamates (subject to hydrolysis) is 1. The summed E-state index contributed by atoms with van der Waals surface area (Å²) < 4.78 is 74.5. The molecule has 2 aromatic rings. The summed E-state index contributed by atoms with van der Waals surface area (Å²) in [5, 5.41) is 11.7. The number of carbonyl (C=O) groups is 2. The number of rotatable bonds is 16. The molecule has 11 nitrogen and oxygen atoms in total. The lowest BCUT2D eigenvalue weighted by atomic mass is 9.72. The highest BCUT2D eigenvalue weighted by molar-refractivity contribution is 5.84. The second-order valence-corrected chi connectivity index (χ2v) is 14.4. The summed E-state index contributed by atoms with van der Waals surface area (Å²) >= 11 is 0. The van der Waals surface area contributed by atoms with Gasteiger partial charge in [0.1, 0.15) is 18.8 Å². The predicted molar refractivity (Wildman–Crippen MR) is 180 cm³/mol. The number of aromatic nitrogens is 3. The van der Waals surface area contributed by atoms with Gasteiger partial charge in [0.05, 0.1) is 5.69 Å². The standard InChI is InChI=1S/C37H50F4N4O7/c1-5-8-15-28(29(46)22-48-33-31(40)26(38)19-27(39)32(33)41)45-21-30(43-44-45)36(16-10-9-11-17-36)23-42-34(47)49-25-14-12-18-37(20-25)50-35(4,51-52-37)24(7-3)13-6-2/h6,19,21,24-25,28H,2,5,7-18,20,22-23H2,1,3-4H3,(H,42,47). The molecule has 1 spiro atoms. The monoisotopic (exact) mass is 738 g/mol. The summed E-state index contributed by atoms with van der Waals surface area (Å²) in [6.07, 6.45) is 12.1. The number of hydrogen-bond donors (Lipinski definition) is 1. The summed E-state index contributed by atoms with van der Waals surface area (Å²) in [4.78, 5) is 38.2. The van der Waals surface area contributed by atoms with Crippen LogP contribution in [0.4, 0.5) is 22.4 Å². The number of unbranched alkanes of at least 4 members (excludes halogenated alkanes) is 1. The Labute approximate surface area is 301 Å². The zero-order valence-electron chi connectivity index (χ0n) is 30.2. The van der Waals surface area contributed by atoms with Crippen molar-refractivity contribution >= 4 is 11.9 Å². The first-order valence-corrected chi connectivity index (χ1v) is 18.4. The molecular formula is C37H50F4N4O7. The number of nitrogens with zero attached hydrogens (tertiary/aromatic N) is 3. The third-order valence-corrected chi connectivity index (χ3v) is 10.7. The van der Waals surface area contributed by atoms with E-state index < -0.39 is 76.6 Å². The third kappa shape index (κ3) is 8.79. The molecule has 3 fully saturated rings. The average Bonchev–Trinajstić information content (AvgIpc) is 3.75. The van der Waals surface area contributed by atoms with Gasteiger partial charge in [0.15, 0.2) is 23.2 Å². The number of Topliss-reactive ketones (excluding diaryl/α,β-unsaturated/α-hetero) is 1. The number of hydrogen-bond acceptors (Lipinski definition) is 9. The molecule has 1 aliphatic heterocycles.